The molecule has 20 heavy (non-hydrogen) atoms. The Morgan fingerprint density at radius 1 is 1.20 bits per heavy atom. The summed E-state index contributed by atoms with van der Waals surface area (Å²) >= 11 is 0. The average molecular weight is 270 g/mol. The Morgan fingerprint density at radius 2 is 1.95 bits per heavy atom. The highest BCUT2D eigenvalue weighted by molar-refractivity contribution is 5.76. The van der Waals surface area contributed by atoms with Crippen molar-refractivity contribution in [1.82, 2.24) is 9.38 Å². The number of carboxylic acids is 1. The fourth-order valence-corrected chi connectivity index (χ4v) is 2.20. The minimum atomic E-state index is -0.931. The summed E-state index contributed by atoms with van der Waals surface area (Å²) in [5, 5.41) is 9.06. The molecule has 0 saturated carbocycles. The van der Waals surface area contributed by atoms with Gasteiger partial charge in [-0.2, -0.15) is 0 Å². The first-order valence-corrected chi connectivity index (χ1v) is 6.09. The third-order valence-corrected chi connectivity index (χ3v) is 3.07. The molecule has 100 valence electrons. The number of aliphatic carboxylic acids is 1. The Hall–Kier alpha value is -2.69. The lowest BCUT2D eigenvalue weighted by Crippen LogP contribution is -2.04. The molecule has 0 atom stereocenters. The zero-order valence-corrected chi connectivity index (χ0v) is 10.5. The highest BCUT2D eigenvalue weighted by Gasteiger charge is 2.16. The van der Waals surface area contributed by atoms with Crippen molar-refractivity contribution in [1.29, 1.82) is 0 Å². The van der Waals surface area contributed by atoms with Gasteiger partial charge in [0.2, 0.25) is 0 Å². The Kier molecular flexibility index (Phi) is 2.95. The second-order valence-electron chi connectivity index (χ2n) is 4.41. The molecule has 3 aromatic rings. The molecule has 0 radical (unpaired) electrons. The van der Waals surface area contributed by atoms with Crippen molar-refractivity contribution in [3.05, 3.63) is 60.2 Å². The van der Waals surface area contributed by atoms with E-state index < -0.39 is 5.97 Å². The lowest BCUT2D eigenvalue weighted by atomic mass is 10.1. The van der Waals surface area contributed by atoms with Crippen molar-refractivity contribution in [3.63, 3.8) is 0 Å². The first kappa shape index (κ1) is 12.3. The fourth-order valence-electron chi connectivity index (χ4n) is 2.20. The van der Waals surface area contributed by atoms with Crippen LogP contribution in [0.1, 0.15) is 5.69 Å². The van der Waals surface area contributed by atoms with E-state index in [9.17, 15) is 9.18 Å². The predicted octanol–water partition coefficient (Wildman–Crippen LogP) is 2.77. The number of pyridine rings is 1. The maximum atomic E-state index is 13.0. The lowest BCUT2D eigenvalue weighted by Gasteiger charge is -2.02. The van der Waals surface area contributed by atoms with Crippen LogP contribution in [0.5, 0.6) is 0 Å². The molecule has 1 aromatic carbocycles. The quantitative estimate of drug-likeness (QED) is 0.796. The summed E-state index contributed by atoms with van der Waals surface area (Å²) in [7, 11) is 0. The van der Waals surface area contributed by atoms with E-state index in [4.69, 9.17) is 5.11 Å². The van der Waals surface area contributed by atoms with Gasteiger partial charge in [0, 0.05) is 11.8 Å². The molecule has 2 aromatic heterocycles. The van der Waals surface area contributed by atoms with Crippen LogP contribution in [0, 0.1) is 5.82 Å². The third-order valence-electron chi connectivity index (χ3n) is 3.07. The average Bonchev–Trinajstić information content (AvgIpc) is 2.78. The van der Waals surface area contributed by atoms with Gasteiger partial charge >= 0.3 is 5.97 Å². The zero-order valence-electron chi connectivity index (χ0n) is 10.5. The van der Waals surface area contributed by atoms with E-state index in [1.54, 1.807) is 28.8 Å². The second-order valence-corrected chi connectivity index (χ2v) is 4.41. The number of halogens is 1. The van der Waals surface area contributed by atoms with Crippen LogP contribution in [0.25, 0.3) is 16.9 Å². The van der Waals surface area contributed by atoms with Crippen molar-refractivity contribution >= 4 is 11.6 Å². The van der Waals surface area contributed by atoms with Gasteiger partial charge in [0.25, 0.3) is 0 Å². The van der Waals surface area contributed by atoms with Gasteiger partial charge in [-0.3, -0.25) is 4.79 Å². The van der Waals surface area contributed by atoms with Crippen LogP contribution in [-0.4, -0.2) is 20.5 Å². The van der Waals surface area contributed by atoms with E-state index in [0.29, 0.717) is 22.6 Å². The van der Waals surface area contributed by atoms with Gasteiger partial charge in [-0.15, -0.1) is 0 Å². The second kappa shape index (κ2) is 4.77. The Morgan fingerprint density at radius 3 is 2.65 bits per heavy atom. The number of hydrogen-bond donors (Lipinski definition) is 1. The van der Waals surface area contributed by atoms with Gasteiger partial charge in [-0.1, -0.05) is 6.07 Å². The van der Waals surface area contributed by atoms with E-state index >= 15 is 0 Å². The smallest absolute Gasteiger partial charge is 0.309 e. The van der Waals surface area contributed by atoms with E-state index in [0.717, 1.165) is 0 Å². The van der Waals surface area contributed by atoms with Gasteiger partial charge in [-0.25, -0.2) is 9.37 Å². The number of aromatic nitrogens is 2. The number of fused-ring (bicyclic) bond motifs is 1. The molecule has 2 heterocycles. The number of carboxylic acid groups (broad SMARTS) is 1. The van der Waals surface area contributed by atoms with Crippen molar-refractivity contribution < 1.29 is 14.3 Å². The summed E-state index contributed by atoms with van der Waals surface area (Å²) in [6.45, 7) is 0. The zero-order chi connectivity index (χ0) is 14.1. The summed E-state index contributed by atoms with van der Waals surface area (Å²) in [6, 6.07) is 11.3. The van der Waals surface area contributed by atoms with Crippen molar-refractivity contribution in [2.75, 3.05) is 0 Å². The standard InChI is InChI=1S/C15H11FN2O2/c16-11-6-4-10(5-7-11)15-12(9-14(19)20)18-8-2-1-3-13(18)17-15/h1-8H,9H2,(H,19,20). The van der Waals surface area contributed by atoms with Gasteiger partial charge in [-0.05, 0) is 36.4 Å². The maximum Gasteiger partial charge on any atom is 0.309 e. The molecule has 0 unspecified atom stereocenters. The normalized spacial score (nSPS) is 10.8. The van der Waals surface area contributed by atoms with Crippen LogP contribution in [0.3, 0.4) is 0 Å². The van der Waals surface area contributed by atoms with Crippen molar-refractivity contribution in [2.45, 2.75) is 6.42 Å². The molecule has 0 bridgehead atoms. The molecule has 1 N–H and O–H groups in total. The largest absolute Gasteiger partial charge is 0.481 e. The fraction of sp³-hybridized carbons (Fsp3) is 0.0667. The van der Waals surface area contributed by atoms with Crippen LogP contribution < -0.4 is 0 Å². The molecule has 0 amide bonds. The lowest BCUT2D eigenvalue weighted by molar-refractivity contribution is -0.136. The number of nitrogens with zero attached hydrogens (tertiary/aromatic N) is 2. The molecule has 0 spiro atoms. The van der Waals surface area contributed by atoms with E-state index in [1.807, 2.05) is 12.1 Å². The summed E-state index contributed by atoms with van der Waals surface area (Å²) in [4.78, 5) is 15.5. The van der Waals surface area contributed by atoms with Gasteiger partial charge in [0.05, 0.1) is 17.8 Å². The van der Waals surface area contributed by atoms with Crippen molar-refractivity contribution in [2.24, 2.45) is 0 Å². The first-order valence-electron chi connectivity index (χ1n) is 6.09. The minimum absolute atomic E-state index is 0.141. The summed E-state index contributed by atoms with van der Waals surface area (Å²) < 4.78 is 14.7. The number of imidazole rings is 1. The Labute approximate surface area is 114 Å². The summed E-state index contributed by atoms with van der Waals surface area (Å²) in [5.41, 5.74) is 2.52. The van der Waals surface area contributed by atoms with Crippen LogP contribution in [0.15, 0.2) is 48.7 Å². The molecule has 5 heteroatoms. The SMILES string of the molecule is O=C(O)Cc1c(-c2ccc(F)cc2)nc2ccccn12. The molecular formula is C15H11FN2O2. The third kappa shape index (κ3) is 2.14. The van der Waals surface area contributed by atoms with Gasteiger partial charge < -0.3 is 9.51 Å². The predicted molar refractivity (Wildman–Crippen MR) is 71.9 cm³/mol. The number of carbonyl (C=O) groups is 1. The first-order chi connectivity index (χ1) is 9.65. The highest BCUT2D eigenvalue weighted by atomic mass is 19.1. The summed E-state index contributed by atoms with van der Waals surface area (Å²) in [5.74, 6) is -1.27. The Bertz CT molecular complexity index is 778. The molecule has 0 aliphatic heterocycles. The minimum Gasteiger partial charge on any atom is -0.481 e. The molecular weight excluding hydrogens is 259 g/mol. The van der Waals surface area contributed by atoms with Crippen LogP contribution >= 0.6 is 0 Å². The molecule has 0 fully saturated rings. The van der Waals surface area contributed by atoms with E-state index in [1.165, 1.54) is 12.1 Å². The molecule has 4 nitrogen and oxygen atoms in total. The monoisotopic (exact) mass is 270 g/mol. The van der Waals surface area contributed by atoms with E-state index in [-0.39, 0.29) is 12.2 Å². The number of hydrogen-bond acceptors (Lipinski definition) is 2. The Balaban J connectivity index is 2.23. The molecule has 3 rings (SSSR count). The maximum absolute atomic E-state index is 13.0. The highest BCUT2D eigenvalue weighted by Crippen LogP contribution is 2.25. The van der Waals surface area contributed by atoms with E-state index in [2.05, 4.69) is 4.98 Å². The molecule has 0 aliphatic carbocycles. The van der Waals surface area contributed by atoms with Crippen molar-refractivity contribution in [3.8, 4) is 11.3 Å². The number of rotatable bonds is 3. The van der Waals surface area contributed by atoms with Gasteiger partial charge in [0.15, 0.2) is 0 Å². The number of benzene rings is 1. The molecule has 0 aliphatic rings. The van der Waals surface area contributed by atoms with Crippen LogP contribution in [0.2, 0.25) is 0 Å². The van der Waals surface area contributed by atoms with Gasteiger partial charge in [0.1, 0.15) is 11.5 Å². The topological polar surface area (TPSA) is 54.6 Å². The van der Waals surface area contributed by atoms with Crippen LogP contribution in [-0.2, 0) is 11.2 Å². The summed E-state index contributed by atoms with van der Waals surface area (Å²) in [6.07, 6.45) is 1.63. The molecule has 0 saturated heterocycles. The van der Waals surface area contributed by atoms with Crippen LogP contribution in [0.4, 0.5) is 4.39 Å².